The molecule has 0 saturated heterocycles. The van der Waals surface area contributed by atoms with Gasteiger partial charge in [0.05, 0.1) is 0 Å². The van der Waals surface area contributed by atoms with Gasteiger partial charge >= 0.3 is 20.4 Å². The summed E-state index contributed by atoms with van der Waals surface area (Å²) in [5.74, 6) is 0. The average Bonchev–Trinajstić information content (AvgIpc) is 2.31. The van der Waals surface area contributed by atoms with E-state index in [0.29, 0.717) is 5.70 Å². The Balaban J connectivity index is 0.00000144. The Morgan fingerprint density at radius 1 is 1.00 bits per heavy atom. The maximum Gasteiger partial charge on any atom is 2.00 e. The van der Waals surface area contributed by atoms with E-state index in [1.165, 1.54) is 0 Å². The molecule has 2 heteroatoms. The van der Waals surface area contributed by atoms with Gasteiger partial charge in [-0.15, -0.1) is 41.5 Å². The standard InChI is InChI=1S/C15H13N.Pd/c1-12(16)15(13-8-4-2-5-9-13)14-10-6-3-7-11-14;/h2-10,16H,1H3;/q-2;+2/b15-12-;. The zero-order chi connectivity index (χ0) is 11.4. The minimum atomic E-state index is 0. The van der Waals surface area contributed by atoms with Crippen molar-refractivity contribution >= 4 is 5.57 Å². The van der Waals surface area contributed by atoms with Gasteiger partial charge in [-0.2, -0.15) is 0 Å². The zero-order valence-corrected chi connectivity index (χ0v) is 11.1. The molecular weight excluding hydrogens is 301 g/mol. The van der Waals surface area contributed by atoms with Gasteiger partial charge in [-0.3, -0.25) is 0 Å². The van der Waals surface area contributed by atoms with Crippen LogP contribution in [0.4, 0.5) is 0 Å². The van der Waals surface area contributed by atoms with E-state index in [9.17, 15) is 0 Å². The quantitative estimate of drug-likeness (QED) is 0.582. The molecule has 0 atom stereocenters. The number of rotatable bonds is 2. The van der Waals surface area contributed by atoms with Crippen molar-refractivity contribution in [3.8, 4) is 0 Å². The molecule has 0 bridgehead atoms. The minimum Gasteiger partial charge on any atom is -0.710 e. The van der Waals surface area contributed by atoms with E-state index in [1.54, 1.807) is 0 Å². The Bertz CT molecular complexity index is 443. The van der Waals surface area contributed by atoms with Gasteiger partial charge in [0.15, 0.2) is 0 Å². The zero-order valence-electron chi connectivity index (χ0n) is 9.51. The molecule has 0 spiro atoms. The Labute approximate surface area is 116 Å². The van der Waals surface area contributed by atoms with Gasteiger partial charge in [-0.1, -0.05) is 42.8 Å². The number of allylic oxidation sites excluding steroid dienone is 1. The molecule has 0 radical (unpaired) electrons. The van der Waals surface area contributed by atoms with Crippen LogP contribution in [0.5, 0.6) is 0 Å². The second kappa shape index (κ2) is 6.40. The van der Waals surface area contributed by atoms with Crippen LogP contribution in [0.1, 0.15) is 18.1 Å². The first-order valence-corrected chi connectivity index (χ1v) is 5.24. The van der Waals surface area contributed by atoms with Crippen molar-refractivity contribution in [1.29, 1.82) is 0 Å². The second-order valence-corrected chi connectivity index (χ2v) is 3.64. The van der Waals surface area contributed by atoms with E-state index in [2.05, 4.69) is 6.07 Å². The van der Waals surface area contributed by atoms with Gasteiger partial charge in [-0.05, 0) is 0 Å². The fourth-order valence-corrected chi connectivity index (χ4v) is 1.73. The molecular formula is C15H13NPd. The molecule has 1 nitrogen and oxygen atoms in total. The van der Waals surface area contributed by atoms with Gasteiger partial charge in [0, 0.05) is 0 Å². The van der Waals surface area contributed by atoms with Crippen LogP contribution in [-0.2, 0) is 20.4 Å². The van der Waals surface area contributed by atoms with E-state index >= 15 is 0 Å². The summed E-state index contributed by atoms with van der Waals surface area (Å²) >= 11 is 0. The Morgan fingerprint density at radius 2 is 1.65 bits per heavy atom. The summed E-state index contributed by atoms with van der Waals surface area (Å²) in [5, 5.41) is 0. The van der Waals surface area contributed by atoms with Crippen LogP contribution in [0, 0.1) is 6.07 Å². The number of benzene rings is 2. The van der Waals surface area contributed by atoms with Crippen LogP contribution >= 0.6 is 0 Å². The van der Waals surface area contributed by atoms with Crippen LogP contribution in [0.25, 0.3) is 11.3 Å². The van der Waals surface area contributed by atoms with Crippen LogP contribution in [-0.4, -0.2) is 0 Å². The van der Waals surface area contributed by atoms with Crippen molar-refractivity contribution in [2.45, 2.75) is 6.92 Å². The largest absolute Gasteiger partial charge is 2.00 e. The Hall–Kier alpha value is -1.36. The third-order valence-corrected chi connectivity index (χ3v) is 2.42. The third-order valence-electron chi connectivity index (χ3n) is 2.42. The maximum absolute atomic E-state index is 7.87. The average molecular weight is 314 g/mol. The first-order chi connectivity index (χ1) is 7.79. The molecule has 2 rings (SSSR count). The molecule has 0 aliphatic heterocycles. The predicted molar refractivity (Wildman–Crippen MR) is 67.7 cm³/mol. The minimum absolute atomic E-state index is 0. The summed E-state index contributed by atoms with van der Waals surface area (Å²) in [5.41, 5.74) is 11.4. The van der Waals surface area contributed by atoms with Gasteiger partial charge in [-0.25, -0.2) is 5.70 Å². The van der Waals surface area contributed by atoms with Crippen LogP contribution in [0.15, 0.2) is 60.3 Å². The maximum atomic E-state index is 7.87. The molecule has 17 heavy (non-hydrogen) atoms. The normalized spacial score (nSPS) is 11.4. The number of hydrogen-bond acceptors (Lipinski definition) is 0. The van der Waals surface area contributed by atoms with E-state index in [4.69, 9.17) is 5.73 Å². The predicted octanol–water partition coefficient (Wildman–Crippen LogP) is 4.32. The third kappa shape index (κ3) is 3.30. The first kappa shape index (κ1) is 13.7. The molecule has 88 valence electrons. The van der Waals surface area contributed by atoms with Crippen molar-refractivity contribution < 1.29 is 20.4 Å². The number of hydrogen-bond donors (Lipinski definition) is 0. The molecule has 2 aromatic rings. The van der Waals surface area contributed by atoms with Crippen molar-refractivity contribution in [2.24, 2.45) is 0 Å². The summed E-state index contributed by atoms with van der Waals surface area (Å²) < 4.78 is 0. The monoisotopic (exact) mass is 313 g/mol. The van der Waals surface area contributed by atoms with Gasteiger partial charge < -0.3 is 5.73 Å². The topological polar surface area (TPSA) is 23.8 Å². The summed E-state index contributed by atoms with van der Waals surface area (Å²) in [7, 11) is 0. The van der Waals surface area contributed by atoms with Gasteiger partial charge in [0.1, 0.15) is 0 Å². The van der Waals surface area contributed by atoms with E-state index in [1.807, 2.05) is 61.5 Å². The first-order valence-electron chi connectivity index (χ1n) is 5.24. The summed E-state index contributed by atoms with van der Waals surface area (Å²) in [6, 6.07) is 20.9. The fourth-order valence-electron chi connectivity index (χ4n) is 1.73. The van der Waals surface area contributed by atoms with Gasteiger partial charge in [0.2, 0.25) is 0 Å². The van der Waals surface area contributed by atoms with Crippen LogP contribution in [0.2, 0.25) is 0 Å². The summed E-state index contributed by atoms with van der Waals surface area (Å²) in [6.45, 7) is 1.81. The molecule has 0 saturated carbocycles. The molecule has 0 unspecified atom stereocenters. The van der Waals surface area contributed by atoms with Crippen molar-refractivity contribution in [1.82, 2.24) is 0 Å². The van der Waals surface area contributed by atoms with Crippen molar-refractivity contribution in [3.05, 3.63) is 83.2 Å². The molecule has 0 aromatic heterocycles. The van der Waals surface area contributed by atoms with E-state index in [0.717, 1.165) is 16.7 Å². The van der Waals surface area contributed by atoms with Crippen molar-refractivity contribution in [2.75, 3.05) is 0 Å². The smallest absolute Gasteiger partial charge is 0.710 e. The fraction of sp³-hybridized carbons (Fsp3) is 0.0667. The molecule has 2 aromatic carbocycles. The van der Waals surface area contributed by atoms with E-state index < -0.39 is 0 Å². The summed E-state index contributed by atoms with van der Waals surface area (Å²) in [6.07, 6.45) is 0. The number of nitrogens with one attached hydrogen (secondary N) is 1. The van der Waals surface area contributed by atoms with Gasteiger partial charge in [0.25, 0.3) is 0 Å². The van der Waals surface area contributed by atoms with Crippen LogP contribution < -0.4 is 0 Å². The molecule has 0 aliphatic carbocycles. The van der Waals surface area contributed by atoms with E-state index in [-0.39, 0.29) is 20.4 Å². The molecule has 1 N–H and O–H groups in total. The summed E-state index contributed by atoms with van der Waals surface area (Å²) in [4.78, 5) is 0. The molecule has 0 fully saturated rings. The Morgan fingerprint density at radius 3 is 2.18 bits per heavy atom. The SMILES string of the molecule is C/C([NH-])=C(/c1[c-]cccc1)c1ccccc1.[Pd+2]. The van der Waals surface area contributed by atoms with Crippen LogP contribution in [0.3, 0.4) is 0 Å². The molecule has 0 heterocycles. The second-order valence-electron chi connectivity index (χ2n) is 3.64. The van der Waals surface area contributed by atoms with Crippen molar-refractivity contribution in [3.63, 3.8) is 0 Å². The molecule has 0 amide bonds. The Kier molecular flexibility index (Phi) is 5.16. The molecule has 0 aliphatic rings.